The lowest BCUT2D eigenvalue weighted by Gasteiger charge is -2.15. The first-order chi connectivity index (χ1) is 11.9. The van der Waals surface area contributed by atoms with E-state index in [-0.39, 0.29) is 24.1 Å². The van der Waals surface area contributed by atoms with E-state index in [2.05, 4.69) is 15.5 Å². The van der Waals surface area contributed by atoms with Gasteiger partial charge in [-0.25, -0.2) is 4.68 Å². The molecule has 0 bridgehead atoms. The number of hydrogen-bond donors (Lipinski definition) is 1. The summed E-state index contributed by atoms with van der Waals surface area (Å²) in [6.07, 6.45) is 1.56. The van der Waals surface area contributed by atoms with E-state index in [1.165, 1.54) is 4.68 Å². The van der Waals surface area contributed by atoms with E-state index in [1.807, 2.05) is 38.1 Å². The Kier molecular flexibility index (Phi) is 4.39. The second-order valence-electron chi connectivity index (χ2n) is 6.28. The molecule has 2 heterocycles. The van der Waals surface area contributed by atoms with Crippen molar-refractivity contribution in [1.29, 1.82) is 0 Å². The van der Waals surface area contributed by atoms with E-state index >= 15 is 0 Å². The molecule has 0 saturated carbocycles. The fourth-order valence-electron chi connectivity index (χ4n) is 2.87. The Hall–Kier alpha value is -2.96. The summed E-state index contributed by atoms with van der Waals surface area (Å²) in [6, 6.07) is 7.82. The molecule has 0 fully saturated rings. The second-order valence-corrected chi connectivity index (χ2v) is 6.28. The number of hydrogen-bond acceptors (Lipinski definition) is 4. The Bertz CT molecular complexity index is 985. The summed E-state index contributed by atoms with van der Waals surface area (Å²) in [4.78, 5) is 24.9. The molecule has 0 spiro atoms. The first kappa shape index (κ1) is 16.9. The van der Waals surface area contributed by atoms with E-state index in [0.717, 1.165) is 11.1 Å². The van der Waals surface area contributed by atoms with Crippen LogP contribution in [0.2, 0.25) is 0 Å². The maximum atomic E-state index is 12.6. The Balaban J connectivity index is 1.78. The van der Waals surface area contributed by atoms with E-state index < -0.39 is 0 Å². The Labute approximate surface area is 145 Å². The lowest BCUT2D eigenvalue weighted by molar-refractivity contribution is -0.122. The maximum Gasteiger partial charge on any atom is 0.278 e. The van der Waals surface area contributed by atoms with E-state index in [9.17, 15) is 9.59 Å². The largest absolute Gasteiger partial charge is 0.348 e. The van der Waals surface area contributed by atoms with Gasteiger partial charge in [0.2, 0.25) is 5.91 Å². The molecular weight excluding hydrogens is 318 g/mol. The zero-order chi connectivity index (χ0) is 18.1. The van der Waals surface area contributed by atoms with Gasteiger partial charge in [-0.2, -0.15) is 10.2 Å². The predicted octanol–water partition coefficient (Wildman–Crippen LogP) is 1.62. The first-order valence-electron chi connectivity index (χ1n) is 8.12. The highest BCUT2D eigenvalue weighted by Gasteiger charge is 2.15. The molecular formula is C18H21N5O2. The average molecular weight is 339 g/mol. The van der Waals surface area contributed by atoms with Crippen LogP contribution in [0.3, 0.4) is 0 Å². The molecule has 1 atom stereocenters. The van der Waals surface area contributed by atoms with Crippen LogP contribution in [0, 0.1) is 13.8 Å². The van der Waals surface area contributed by atoms with E-state index in [0.29, 0.717) is 16.6 Å². The smallest absolute Gasteiger partial charge is 0.278 e. The quantitative estimate of drug-likeness (QED) is 0.783. The van der Waals surface area contributed by atoms with Crippen LogP contribution in [-0.2, 0) is 18.4 Å². The highest BCUT2D eigenvalue weighted by Crippen LogP contribution is 2.13. The zero-order valence-corrected chi connectivity index (χ0v) is 14.8. The minimum absolute atomic E-state index is 0.126. The van der Waals surface area contributed by atoms with Gasteiger partial charge in [0.1, 0.15) is 6.54 Å². The molecule has 7 heteroatoms. The number of rotatable bonds is 4. The van der Waals surface area contributed by atoms with Gasteiger partial charge in [-0.15, -0.1) is 0 Å². The van der Waals surface area contributed by atoms with Gasteiger partial charge in [0.15, 0.2) is 0 Å². The van der Waals surface area contributed by atoms with Crippen molar-refractivity contribution in [3.63, 3.8) is 0 Å². The molecule has 0 aliphatic heterocycles. The van der Waals surface area contributed by atoms with Gasteiger partial charge in [-0.05, 0) is 26.3 Å². The number of amides is 1. The summed E-state index contributed by atoms with van der Waals surface area (Å²) < 4.78 is 2.79. The summed E-state index contributed by atoms with van der Waals surface area (Å²) in [6.45, 7) is 5.57. The van der Waals surface area contributed by atoms with Crippen LogP contribution in [0.5, 0.6) is 0 Å². The van der Waals surface area contributed by atoms with Crippen LogP contribution in [0.1, 0.15) is 29.8 Å². The lowest BCUT2D eigenvalue weighted by atomic mass is 10.1. The zero-order valence-electron chi connectivity index (χ0n) is 14.8. The van der Waals surface area contributed by atoms with Crippen LogP contribution in [0.4, 0.5) is 0 Å². The maximum absolute atomic E-state index is 12.6. The standard InChI is InChI=1S/C18H21N5O2/c1-11-5-7-14(8-6-11)12(2)20-16(24)10-23-18(25)17-13(3)21-22(4)15(17)9-19-23/h5-9,12H,10H2,1-4H3,(H,20,24)/t12-/m0/s1. The number of nitrogens with one attached hydrogen (secondary N) is 1. The topological polar surface area (TPSA) is 81.8 Å². The summed E-state index contributed by atoms with van der Waals surface area (Å²) in [5.74, 6) is -0.261. The van der Waals surface area contributed by atoms with Gasteiger partial charge < -0.3 is 5.32 Å². The van der Waals surface area contributed by atoms with E-state index in [4.69, 9.17) is 0 Å². The SMILES string of the molecule is Cc1ccc([C@H](C)NC(=O)Cn2ncc3c(c(C)nn3C)c2=O)cc1. The molecule has 3 rings (SSSR count). The normalized spacial score (nSPS) is 12.3. The Morgan fingerprint density at radius 3 is 2.60 bits per heavy atom. The van der Waals surface area contributed by atoms with Crippen LogP contribution in [-0.4, -0.2) is 25.5 Å². The summed E-state index contributed by atoms with van der Waals surface area (Å²) in [5.41, 5.74) is 3.16. The molecule has 0 aliphatic rings. The molecule has 1 amide bonds. The van der Waals surface area contributed by atoms with E-state index in [1.54, 1.807) is 24.9 Å². The van der Waals surface area contributed by atoms with Crippen LogP contribution in [0.25, 0.3) is 10.9 Å². The highest BCUT2D eigenvalue weighted by atomic mass is 16.2. The number of fused-ring (bicyclic) bond motifs is 1. The average Bonchev–Trinajstić information content (AvgIpc) is 2.85. The number of carbonyl (C=O) groups is 1. The van der Waals surface area contributed by atoms with Crippen LogP contribution in [0.15, 0.2) is 35.3 Å². The fourth-order valence-corrected chi connectivity index (χ4v) is 2.87. The van der Waals surface area contributed by atoms with Crippen molar-refractivity contribution < 1.29 is 4.79 Å². The molecule has 130 valence electrons. The molecule has 7 nitrogen and oxygen atoms in total. The third kappa shape index (κ3) is 3.31. The van der Waals surface area contributed by atoms with Crippen LogP contribution >= 0.6 is 0 Å². The summed E-state index contributed by atoms with van der Waals surface area (Å²) >= 11 is 0. The van der Waals surface area contributed by atoms with Gasteiger partial charge in [-0.3, -0.25) is 14.3 Å². The third-order valence-corrected chi connectivity index (χ3v) is 4.28. The predicted molar refractivity (Wildman–Crippen MR) is 95.2 cm³/mol. The molecule has 1 N–H and O–H groups in total. The number of aryl methyl sites for hydroxylation is 3. The van der Waals surface area contributed by atoms with Gasteiger partial charge in [-0.1, -0.05) is 29.8 Å². The second kappa shape index (κ2) is 6.51. The van der Waals surface area contributed by atoms with Gasteiger partial charge in [0, 0.05) is 7.05 Å². The van der Waals surface area contributed by atoms with Gasteiger partial charge in [0.25, 0.3) is 5.56 Å². The Morgan fingerprint density at radius 1 is 1.24 bits per heavy atom. The van der Waals surface area contributed by atoms with Crippen molar-refractivity contribution in [2.75, 3.05) is 0 Å². The summed E-state index contributed by atoms with van der Waals surface area (Å²) in [7, 11) is 1.76. The molecule has 3 aromatic rings. The van der Waals surface area contributed by atoms with Crippen molar-refractivity contribution in [3.05, 3.63) is 57.6 Å². The molecule has 0 aliphatic carbocycles. The van der Waals surface area contributed by atoms with Gasteiger partial charge >= 0.3 is 0 Å². The Morgan fingerprint density at radius 2 is 1.92 bits per heavy atom. The van der Waals surface area contributed by atoms with Crippen molar-refractivity contribution in [3.8, 4) is 0 Å². The van der Waals surface area contributed by atoms with Crippen molar-refractivity contribution in [2.45, 2.75) is 33.4 Å². The van der Waals surface area contributed by atoms with Crippen molar-refractivity contribution in [2.24, 2.45) is 7.05 Å². The number of aromatic nitrogens is 4. The fraction of sp³-hybridized carbons (Fsp3) is 0.333. The monoisotopic (exact) mass is 339 g/mol. The first-order valence-corrected chi connectivity index (χ1v) is 8.12. The lowest BCUT2D eigenvalue weighted by Crippen LogP contribution is -2.35. The molecule has 0 unspecified atom stereocenters. The minimum Gasteiger partial charge on any atom is -0.348 e. The molecule has 0 saturated heterocycles. The minimum atomic E-state index is -0.304. The number of benzene rings is 1. The number of carbonyl (C=O) groups excluding carboxylic acids is 1. The molecule has 25 heavy (non-hydrogen) atoms. The number of nitrogens with zero attached hydrogens (tertiary/aromatic N) is 4. The molecule has 0 radical (unpaired) electrons. The van der Waals surface area contributed by atoms with Crippen molar-refractivity contribution in [1.82, 2.24) is 24.9 Å². The van der Waals surface area contributed by atoms with Gasteiger partial charge in [0.05, 0.1) is 28.8 Å². The third-order valence-electron chi connectivity index (χ3n) is 4.28. The van der Waals surface area contributed by atoms with Crippen LogP contribution < -0.4 is 10.9 Å². The highest BCUT2D eigenvalue weighted by molar-refractivity contribution is 5.80. The molecule has 1 aromatic carbocycles. The molecule has 2 aromatic heterocycles. The summed E-state index contributed by atoms with van der Waals surface area (Å²) in [5, 5.41) is 11.7. The van der Waals surface area contributed by atoms with Crippen molar-refractivity contribution >= 4 is 16.8 Å².